The molecule has 0 spiro atoms. The first-order valence-electron chi connectivity index (χ1n) is 6.11. The van der Waals surface area contributed by atoms with Gasteiger partial charge in [-0.2, -0.15) is 0 Å². The van der Waals surface area contributed by atoms with Crippen LogP contribution in [0.2, 0.25) is 0 Å². The van der Waals surface area contributed by atoms with Crippen LogP contribution < -0.4 is 5.32 Å². The van der Waals surface area contributed by atoms with E-state index < -0.39 is 10.8 Å². The van der Waals surface area contributed by atoms with Crippen LogP contribution in [-0.2, 0) is 6.42 Å². The zero-order valence-corrected chi connectivity index (χ0v) is 10.9. The number of amides is 1. The number of aromatic nitrogens is 1. The predicted molar refractivity (Wildman–Crippen MR) is 74.7 cm³/mol. The number of benzene rings is 1. The molecule has 102 valence electrons. The molecule has 0 fully saturated rings. The standard InChI is InChI=1S/C14H13N3O3/c1-2-10-6-7-11(9-13(10)17(19)20)16-14(18)12-5-3-4-8-15-12/h3-9H,2H2,1H3,(H,16,18). The average Bonchev–Trinajstić information content (AvgIpc) is 2.48. The molecule has 6 nitrogen and oxygen atoms in total. The van der Waals surface area contributed by atoms with Crippen LogP contribution in [0.25, 0.3) is 0 Å². The second-order valence-corrected chi connectivity index (χ2v) is 4.12. The second kappa shape index (κ2) is 5.92. The van der Waals surface area contributed by atoms with Gasteiger partial charge in [-0.3, -0.25) is 19.9 Å². The topological polar surface area (TPSA) is 85.1 Å². The normalized spacial score (nSPS) is 10.1. The molecule has 1 aromatic heterocycles. The van der Waals surface area contributed by atoms with E-state index in [1.807, 2.05) is 6.92 Å². The summed E-state index contributed by atoms with van der Waals surface area (Å²) < 4.78 is 0. The molecule has 0 saturated heterocycles. The van der Waals surface area contributed by atoms with Gasteiger partial charge in [0.2, 0.25) is 0 Å². The highest BCUT2D eigenvalue weighted by molar-refractivity contribution is 6.02. The molecule has 1 heterocycles. The third kappa shape index (κ3) is 2.97. The Morgan fingerprint density at radius 2 is 2.15 bits per heavy atom. The van der Waals surface area contributed by atoms with Gasteiger partial charge in [-0.15, -0.1) is 0 Å². The van der Waals surface area contributed by atoms with Gasteiger partial charge in [-0.05, 0) is 24.6 Å². The van der Waals surface area contributed by atoms with E-state index in [9.17, 15) is 14.9 Å². The Morgan fingerprint density at radius 3 is 2.75 bits per heavy atom. The summed E-state index contributed by atoms with van der Waals surface area (Å²) in [6.07, 6.45) is 2.07. The molecule has 2 aromatic rings. The number of hydrogen-bond acceptors (Lipinski definition) is 4. The lowest BCUT2D eigenvalue weighted by Crippen LogP contribution is -2.13. The third-order valence-corrected chi connectivity index (χ3v) is 2.82. The van der Waals surface area contributed by atoms with Crippen molar-refractivity contribution in [3.63, 3.8) is 0 Å². The van der Waals surface area contributed by atoms with E-state index in [1.54, 1.807) is 30.3 Å². The number of carbonyl (C=O) groups is 1. The summed E-state index contributed by atoms with van der Waals surface area (Å²) in [6.45, 7) is 1.84. The van der Waals surface area contributed by atoms with Gasteiger partial charge in [-0.25, -0.2) is 0 Å². The van der Waals surface area contributed by atoms with E-state index in [-0.39, 0.29) is 11.4 Å². The maximum atomic E-state index is 11.9. The Hall–Kier alpha value is -2.76. The summed E-state index contributed by atoms with van der Waals surface area (Å²) in [7, 11) is 0. The number of rotatable bonds is 4. The Balaban J connectivity index is 2.24. The summed E-state index contributed by atoms with van der Waals surface area (Å²) in [5, 5.41) is 13.6. The molecule has 0 atom stereocenters. The van der Waals surface area contributed by atoms with Crippen LogP contribution in [0.4, 0.5) is 11.4 Å². The largest absolute Gasteiger partial charge is 0.320 e. The molecule has 0 unspecified atom stereocenters. The molecule has 6 heteroatoms. The highest BCUT2D eigenvalue weighted by Crippen LogP contribution is 2.23. The van der Waals surface area contributed by atoms with Crippen LogP contribution in [-0.4, -0.2) is 15.8 Å². The molecule has 0 aliphatic carbocycles. The van der Waals surface area contributed by atoms with Crippen molar-refractivity contribution in [2.45, 2.75) is 13.3 Å². The van der Waals surface area contributed by atoms with E-state index in [2.05, 4.69) is 10.3 Å². The number of nitrogens with zero attached hydrogens (tertiary/aromatic N) is 2. The number of hydrogen-bond donors (Lipinski definition) is 1. The highest BCUT2D eigenvalue weighted by atomic mass is 16.6. The van der Waals surface area contributed by atoms with E-state index in [0.29, 0.717) is 17.7 Å². The number of aryl methyl sites for hydroxylation is 1. The maximum Gasteiger partial charge on any atom is 0.274 e. The van der Waals surface area contributed by atoms with Crippen LogP contribution in [0.5, 0.6) is 0 Å². The zero-order chi connectivity index (χ0) is 14.5. The van der Waals surface area contributed by atoms with E-state index >= 15 is 0 Å². The molecule has 2 rings (SSSR count). The molecule has 0 radical (unpaired) electrons. The monoisotopic (exact) mass is 271 g/mol. The number of nitrogens with one attached hydrogen (secondary N) is 1. The van der Waals surface area contributed by atoms with E-state index in [4.69, 9.17) is 0 Å². The molecule has 0 aliphatic heterocycles. The number of nitro groups is 1. The summed E-state index contributed by atoms with van der Waals surface area (Å²) >= 11 is 0. The molecule has 1 aromatic carbocycles. The number of nitro benzene ring substituents is 1. The third-order valence-electron chi connectivity index (χ3n) is 2.82. The van der Waals surface area contributed by atoms with Crippen LogP contribution in [0.1, 0.15) is 23.0 Å². The van der Waals surface area contributed by atoms with Crippen molar-refractivity contribution in [2.24, 2.45) is 0 Å². The summed E-state index contributed by atoms with van der Waals surface area (Å²) in [4.78, 5) is 26.3. The van der Waals surface area contributed by atoms with Crippen molar-refractivity contribution in [3.8, 4) is 0 Å². The number of carbonyl (C=O) groups excluding carboxylic acids is 1. The smallest absolute Gasteiger partial charge is 0.274 e. The fourth-order valence-corrected chi connectivity index (χ4v) is 1.80. The number of pyridine rings is 1. The summed E-state index contributed by atoms with van der Waals surface area (Å²) in [5.74, 6) is -0.399. The van der Waals surface area contributed by atoms with Crippen LogP contribution in [0, 0.1) is 10.1 Å². The van der Waals surface area contributed by atoms with Crippen LogP contribution in [0.3, 0.4) is 0 Å². The molecular weight excluding hydrogens is 258 g/mol. The molecular formula is C14H13N3O3. The molecule has 20 heavy (non-hydrogen) atoms. The first-order valence-corrected chi connectivity index (χ1v) is 6.11. The minimum absolute atomic E-state index is 0.00585. The van der Waals surface area contributed by atoms with Crippen molar-refractivity contribution >= 4 is 17.3 Å². The quantitative estimate of drug-likeness (QED) is 0.684. The molecule has 0 bridgehead atoms. The van der Waals surface area contributed by atoms with E-state index in [1.165, 1.54) is 12.3 Å². The van der Waals surface area contributed by atoms with Gasteiger partial charge in [0.25, 0.3) is 11.6 Å². The lowest BCUT2D eigenvalue weighted by molar-refractivity contribution is -0.385. The fraction of sp³-hybridized carbons (Fsp3) is 0.143. The van der Waals surface area contributed by atoms with E-state index in [0.717, 1.165) is 0 Å². The fourth-order valence-electron chi connectivity index (χ4n) is 1.80. The molecule has 1 N–H and O–H groups in total. The van der Waals surface area contributed by atoms with Gasteiger partial charge in [0, 0.05) is 23.5 Å². The summed E-state index contributed by atoms with van der Waals surface area (Å²) in [6, 6.07) is 9.63. The molecule has 1 amide bonds. The maximum absolute atomic E-state index is 11.9. The Kier molecular flexibility index (Phi) is 4.05. The second-order valence-electron chi connectivity index (χ2n) is 4.12. The summed E-state index contributed by atoms with van der Waals surface area (Å²) in [5.41, 5.74) is 1.27. The molecule has 0 saturated carbocycles. The Labute approximate surface area is 115 Å². The van der Waals surface area contributed by atoms with Crippen molar-refractivity contribution in [3.05, 3.63) is 64.0 Å². The minimum atomic E-state index is -0.449. The average molecular weight is 271 g/mol. The van der Waals surface area contributed by atoms with Crippen LogP contribution in [0.15, 0.2) is 42.6 Å². The lowest BCUT2D eigenvalue weighted by Gasteiger charge is -2.06. The van der Waals surface area contributed by atoms with Gasteiger partial charge in [-0.1, -0.05) is 19.1 Å². The SMILES string of the molecule is CCc1ccc(NC(=O)c2ccccn2)cc1[N+](=O)[O-]. The Morgan fingerprint density at radius 1 is 1.35 bits per heavy atom. The van der Waals surface area contributed by atoms with Crippen molar-refractivity contribution in [1.82, 2.24) is 4.98 Å². The lowest BCUT2D eigenvalue weighted by atomic mass is 10.1. The predicted octanol–water partition coefficient (Wildman–Crippen LogP) is 2.80. The Bertz CT molecular complexity index is 641. The van der Waals surface area contributed by atoms with Crippen molar-refractivity contribution in [1.29, 1.82) is 0 Å². The van der Waals surface area contributed by atoms with Gasteiger partial charge >= 0.3 is 0 Å². The van der Waals surface area contributed by atoms with Gasteiger partial charge in [0.05, 0.1) is 4.92 Å². The first kappa shape index (κ1) is 13.7. The van der Waals surface area contributed by atoms with Crippen molar-refractivity contribution in [2.75, 3.05) is 5.32 Å². The van der Waals surface area contributed by atoms with Gasteiger partial charge in [0.15, 0.2) is 0 Å². The van der Waals surface area contributed by atoms with Gasteiger partial charge in [0.1, 0.15) is 5.69 Å². The first-order chi connectivity index (χ1) is 9.61. The van der Waals surface area contributed by atoms with Crippen LogP contribution >= 0.6 is 0 Å². The highest BCUT2D eigenvalue weighted by Gasteiger charge is 2.14. The molecule has 0 aliphatic rings. The minimum Gasteiger partial charge on any atom is -0.320 e. The van der Waals surface area contributed by atoms with Crippen molar-refractivity contribution < 1.29 is 9.72 Å². The zero-order valence-electron chi connectivity index (χ0n) is 10.9. The van der Waals surface area contributed by atoms with Gasteiger partial charge < -0.3 is 5.32 Å². The number of anilines is 1.